The second kappa shape index (κ2) is 10.6. The van der Waals surface area contributed by atoms with Crippen LogP contribution in [-0.4, -0.2) is 58.6 Å². The maximum atomic E-state index is 12.3. The first-order valence-corrected chi connectivity index (χ1v) is 7.62. The third-order valence-electron chi connectivity index (χ3n) is 3.62. The van der Waals surface area contributed by atoms with Gasteiger partial charge in [-0.1, -0.05) is 20.3 Å². The van der Waals surface area contributed by atoms with Crippen LogP contribution < -0.4 is 22.1 Å². The van der Waals surface area contributed by atoms with Gasteiger partial charge >= 0.3 is 5.97 Å². The van der Waals surface area contributed by atoms with Crippen LogP contribution >= 0.6 is 0 Å². The molecule has 0 rings (SSSR count). The summed E-state index contributed by atoms with van der Waals surface area (Å²) in [5.74, 6) is -3.77. The molecule has 0 bridgehead atoms. The monoisotopic (exact) mass is 346 g/mol. The minimum Gasteiger partial charge on any atom is -0.480 e. The molecule has 3 amide bonds. The second-order valence-electron chi connectivity index (χ2n) is 5.57. The number of carbonyl (C=O) groups is 4. The number of aliphatic carboxylic acids is 1. The molecule has 10 nitrogen and oxygen atoms in total. The van der Waals surface area contributed by atoms with Crippen LogP contribution in [0, 0.1) is 5.92 Å². The van der Waals surface area contributed by atoms with Crippen molar-refractivity contribution >= 4 is 23.7 Å². The highest BCUT2D eigenvalue weighted by Crippen LogP contribution is 2.09. The summed E-state index contributed by atoms with van der Waals surface area (Å²) < 4.78 is 0. The molecule has 8 N–H and O–H groups in total. The Morgan fingerprint density at radius 2 is 1.71 bits per heavy atom. The lowest BCUT2D eigenvalue weighted by molar-refractivity contribution is -0.144. The SMILES string of the molecule is CCC(C)C(NC(=O)C(CCC(N)=O)NC(=O)C(N)CO)C(=O)O. The van der Waals surface area contributed by atoms with Crippen molar-refractivity contribution in [3.8, 4) is 0 Å². The number of carbonyl (C=O) groups excluding carboxylic acids is 3. The topological polar surface area (TPSA) is 185 Å². The normalized spacial score (nSPS) is 15.7. The number of amides is 3. The van der Waals surface area contributed by atoms with Crippen LogP contribution in [0.2, 0.25) is 0 Å². The third-order valence-corrected chi connectivity index (χ3v) is 3.62. The Balaban J connectivity index is 5.09. The Kier molecular flexibility index (Phi) is 9.58. The van der Waals surface area contributed by atoms with Crippen LogP contribution in [0.1, 0.15) is 33.1 Å². The Labute approximate surface area is 139 Å². The van der Waals surface area contributed by atoms with Crippen molar-refractivity contribution in [3.05, 3.63) is 0 Å². The Morgan fingerprint density at radius 1 is 1.12 bits per heavy atom. The molecule has 0 aromatic rings. The van der Waals surface area contributed by atoms with Gasteiger partial charge in [-0.25, -0.2) is 4.79 Å². The van der Waals surface area contributed by atoms with Gasteiger partial charge in [0.05, 0.1) is 6.61 Å². The first kappa shape index (κ1) is 21.8. The second-order valence-corrected chi connectivity index (χ2v) is 5.57. The average Bonchev–Trinajstić information content (AvgIpc) is 2.53. The van der Waals surface area contributed by atoms with Gasteiger partial charge in [-0.3, -0.25) is 14.4 Å². The van der Waals surface area contributed by atoms with E-state index in [2.05, 4.69) is 10.6 Å². The minimum absolute atomic E-state index is 0.113. The van der Waals surface area contributed by atoms with Crippen LogP contribution in [0.5, 0.6) is 0 Å². The number of primary amides is 1. The highest BCUT2D eigenvalue weighted by Gasteiger charge is 2.30. The summed E-state index contributed by atoms with van der Waals surface area (Å²) in [6.07, 6.45) is 0.219. The third kappa shape index (κ3) is 7.38. The maximum Gasteiger partial charge on any atom is 0.326 e. The summed E-state index contributed by atoms with van der Waals surface area (Å²) in [6, 6.07) is -3.56. The van der Waals surface area contributed by atoms with Crippen LogP contribution in [0.15, 0.2) is 0 Å². The molecular formula is C14H26N4O6. The van der Waals surface area contributed by atoms with E-state index in [-0.39, 0.29) is 18.8 Å². The molecule has 4 atom stereocenters. The van der Waals surface area contributed by atoms with Crippen molar-refractivity contribution in [1.82, 2.24) is 10.6 Å². The van der Waals surface area contributed by atoms with Crippen molar-refractivity contribution < 1.29 is 29.4 Å². The van der Waals surface area contributed by atoms with Gasteiger partial charge in [-0.15, -0.1) is 0 Å². The summed E-state index contributed by atoms with van der Waals surface area (Å²) in [5, 5.41) is 22.7. The number of nitrogens with two attached hydrogens (primary N) is 2. The van der Waals surface area contributed by atoms with Crippen molar-refractivity contribution in [2.24, 2.45) is 17.4 Å². The predicted octanol–water partition coefficient (Wildman–Crippen LogP) is -2.33. The van der Waals surface area contributed by atoms with E-state index < -0.39 is 48.4 Å². The fraction of sp³-hybridized carbons (Fsp3) is 0.714. The van der Waals surface area contributed by atoms with E-state index in [1.165, 1.54) is 0 Å². The number of carboxylic acid groups (broad SMARTS) is 1. The summed E-state index contributed by atoms with van der Waals surface area (Å²) in [4.78, 5) is 46.2. The molecule has 0 aliphatic heterocycles. The van der Waals surface area contributed by atoms with E-state index in [0.717, 1.165) is 0 Å². The van der Waals surface area contributed by atoms with Gasteiger partial charge in [-0.05, 0) is 12.3 Å². The Hall–Kier alpha value is -2.20. The maximum absolute atomic E-state index is 12.3. The zero-order valence-electron chi connectivity index (χ0n) is 13.8. The lowest BCUT2D eigenvalue weighted by atomic mass is 9.98. The van der Waals surface area contributed by atoms with E-state index in [1.54, 1.807) is 13.8 Å². The standard InChI is InChI=1S/C14H26N4O6/c1-3-7(2)11(14(23)24)18-13(22)9(4-5-10(16)20)17-12(21)8(15)6-19/h7-9,11,19H,3-6,15H2,1-2H3,(H2,16,20)(H,17,21)(H,18,22)(H,23,24). The predicted molar refractivity (Wildman–Crippen MR) is 84.4 cm³/mol. The zero-order chi connectivity index (χ0) is 18.9. The first-order chi connectivity index (χ1) is 11.1. The fourth-order valence-corrected chi connectivity index (χ4v) is 1.85. The molecule has 0 aliphatic rings. The number of carboxylic acids is 1. The number of aliphatic hydroxyl groups excluding tert-OH is 1. The summed E-state index contributed by atoms with van der Waals surface area (Å²) >= 11 is 0. The molecule has 0 saturated heterocycles. The number of nitrogens with one attached hydrogen (secondary N) is 2. The van der Waals surface area contributed by atoms with E-state index in [4.69, 9.17) is 16.6 Å². The van der Waals surface area contributed by atoms with E-state index in [9.17, 15) is 24.3 Å². The zero-order valence-corrected chi connectivity index (χ0v) is 13.8. The number of aliphatic hydroxyl groups is 1. The minimum atomic E-state index is -1.24. The van der Waals surface area contributed by atoms with Gasteiger partial charge in [0.25, 0.3) is 0 Å². The molecule has 0 spiro atoms. The van der Waals surface area contributed by atoms with Gasteiger partial charge < -0.3 is 32.3 Å². The molecule has 0 aliphatic carbocycles. The van der Waals surface area contributed by atoms with Gasteiger partial charge in [0.1, 0.15) is 18.1 Å². The molecule has 24 heavy (non-hydrogen) atoms. The lowest BCUT2D eigenvalue weighted by Crippen LogP contribution is -2.56. The van der Waals surface area contributed by atoms with E-state index in [0.29, 0.717) is 6.42 Å². The molecule has 0 heterocycles. The van der Waals surface area contributed by atoms with Crippen LogP contribution in [-0.2, 0) is 19.2 Å². The van der Waals surface area contributed by atoms with Crippen molar-refractivity contribution in [2.45, 2.75) is 51.2 Å². The summed E-state index contributed by atoms with van der Waals surface area (Å²) in [7, 11) is 0. The van der Waals surface area contributed by atoms with Crippen LogP contribution in [0.4, 0.5) is 0 Å². The fourth-order valence-electron chi connectivity index (χ4n) is 1.85. The smallest absolute Gasteiger partial charge is 0.326 e. The van der Waals surface area contributed by atoms with Crippen molar-refractivity contribution in [2.75, 3.05) is 6.61 Å². The molecule has 138 valence electrons. The summed E-state index contributed by atoms with van der Waals surface area (Å²) in [5.41, 5.74) is 10.4. The Bertz CT molecular complexity index is 470. The molecule has 0 radical (unpaired) electrons. The Morgan fingerprint density at radius 3 is 2.12 bits per heavy atom. The van der Waals surface area contributed by atoms with E-state index >= 15 is 0 Å². The molecule has 10 heteroatoms. The van der Waals surface area contributed by atoms with Crippen LogP contribution in [0.3, 0.4) is 0 Å². The van der Waals surface area contributed by atoms with Gasteiger partial charge in [-0.2, -0.15) is 0 Å². The van der Waals surface area contributed by atoms with E-state index in [1.807, 2.05) is 0 Å². The molecule has 0 fully saturated rings. The molecule has 0 aromatic carbocycles. The highest BCUT2D eigenvalue weighted by molar-refractivity contribution is 5.92. The largest absolute Gasteiger partial charge is 0.480 e. The van der Waals surface area contributed by atoms with Gasteiger partial charge in [0, 0.05) is 6.42 Å². The quantitative estimate of drug-likeness (QED) is 0.242. The summed E-state index contributed by atoms with van der Waals surface area (Å²) in [6.45, 7) is 2.82. The van der Waals surface area contributed by atoms with Crippen molar-refractivity contribution in [1.29, 1.82) is 0 Å². The molecular weight excluding hydrogens is 320 g/mol. The first-order valence-electron chi connectivity index (χ1n) is 7.62. The van der Waals surface area contributed by atoms with Crippen molar-refractivity contribution in [3.63, 3.8) is 0 Å². The number of hydrogen-bond donors (Lipinski definition) is 6. The average molecular weight is 346 g/mol. The highest BCUT2D eigenvalue weighted by atomic mass is 16.4. The van der Waals surface area contributed by atoms with Gasteiger partial charge in [0.15, 0.2) is 0 Å². The molecule has 0 aromatic heterocycles. The van der Waals surface area contributed by atoms with Gasteiger partial charge in [0.2, 0.25) is 17.7 Å². The number of hydrogen-bond acceptors (Lipinski definition) is 6. The number of rotatable bonds is 11. The van der Waals surface area contributed by atoms with Crippen LogP contribution in [0.25, 0.3) is 0 Å². The molecule has 0 saturated carbocycles. The lowest BCUT2D eigenvalue weighted by Gasteiger charge is -2.24. The molecule has 4 unspecified atom stereocenters.